The molecule has 4 heteroatoms. The molecule has 0 spiro atoms. The predicted molar refractivity (Wildman–Crippen MR) is 63.3 cm³/mol. The first kappa shape index (κ1) is 10.8. The zero-order chi connectivity index (χ0) is 12.1. The van der Waals surface area contributed by atoms with Crippen LogP contribution in [0.3, 0.4) is 0 Å². The lowest BCUT2D eigenvalue weighted by Gasteiger charge is -2.05. The highest BCUT2D eigenvalue weighted by Crippen LogP contribution is 2.10. The van der Waals surface area contributed by atoms with Crippen LogP contribution in [0, 0.1) is 11.3 Å². The van der Waals surface area contributed by atoms with Crippen molar-refractivity contribution in [1.82, 2.24) is 4.98 Å². The molecule has 0 saturated heterocycles. The first-order valence-electron chi connectivity index (χ1n) is 5.02. The van der Waals surface area contributed by atoms with Gasteiger partial charge in [0.05, 0.1) is 11.1 Å². The number of aromatic nitrogens is 1. The Bertz CT molecular complexity index is 573. The van der Waals surface area contributed by atoms with Crippen LogP contribution in [0.25, 0.3) is 0 Å². The van der Waals surface area contributed by atoms with Gasteiger partial charge in [-0.1, -0.05) is 18.2 Å². The van der Waals surface area contributed by atoms with Crippen molar-refractivity contribution in [2.75, 3.05) is 5.32 Å². The smallest absolute Gasteiger partial charge is 0.258 e. The van der Waals surface area contributed by atoms with E-state index in [1.165, 1.54) is 18.5 Å². The summed E-state index contributed by atoms with van der Waals surface area (Å²) in [6, 6.07) is 12.5. The number of hydrogen-bond donors (Lipinski definition) is 1. The van der Waals surface area contributed by atoms with E-state index in [4.69, 9.17) is 5.26 Å². The van der Waals surface area contributed by atoms with E-state index in [2.05, 4.69) is 10.3 Å². The molecule has 4 nitrogen and oxygen atoms in total. The second kappa shape index (κ2) is 4.90. The molecule has 1 heterocycles. The second-order valence-corrected chi connectivity index (χ2v) is 3.35. The topological polar surface area (TPSA) is 65.8 Å². The number of nitrogens with zero attached hydrogens (tertiary/aromatic N) is 2. The lowest BCUT2D eigenvalue weighted by molar-refractivity contribution is 0.102. The van der Waals surface area contributed by atoms with Crippen molar-refractivity contribution in [1.29, 1.82) is 5.26 Å². The van der Waals surface area contributed by atoms with Crippen LogP contribution in [0.5, 0.6) is 0 Å². The van der Waals surface area contributed by atoms with Gasteiger partial charge in [-0.2, -0.15) is 5.26 Å². The van der Waals surface area contributed by atoms with Gasteiger partial charge in [0.15, 0.2) is 0 Å². The van der Waals surface area contributed by atoms with Crippen LogP contribution in [0.15, 0.2) is 48.8 Å². The molecule has 2 rings (SSSR count). The molecule has 0 saturated carbocycles. The van der Waals surface area contributed by atoms with Gasteiger partial charge in [-0.15, -0.1) is 0 Å². The van der Waals surface area contributed by atoms with Crippen LogP contribution < -0.4 is 5.32 Å². The van der Waals surface area contributed by atoms with Gasteiger partial charge >= 0.3 is 0 Å². The van der Waals surface area contributed by atoms with Crippen LogP contribution in [0.2, 0.25) is 0 Å². The monoisotopic (exact) mass is 223 g/mol. The van der Waals surface area contributed by atoms with Crippen molar-refractivity contribution in [3.8, 4) is 6.07 Å². The first-order chi connectivity index (χ1) is 8.31. The number of pyridine rings is 1. The highest BCUT2D eigenvalue weighted by Gasteiger charge is 2.10. The van der Waals surface area contributed by atoms with Crippen LogP contribution in [-0.2, 0) is 0 Å². The van der Waals surface area contributed by atoms with E-state index in [0.717, 1.165) is 0 Å². The van der Waals surface area contributed by atoms with E-state index in [-0.39, 0.29) is 11.5 Å². The molecule has 1 aromatic heterocycles. The Morgan fingerprint density at radius 3 is 2.71 bits per heavy atom. The largest absolute Gasteiger partial charge is 0.322 e. The van der Waals surface area contributed by atoms with Crippen molar-refractivity contribution < 1.29 is 4.79 Å². The minimum atomic E-state index is -0.333. The number of nitrogens with one attached hydrogen (secondary N) is 1. The summed E-state index contributed by atoms with van der Waals surface area (Å²) in [5.41, 5.74) is 1.28. The van der Waals surface area contributed by atoms with Crippen molar-refractivity contribution in [2.24, 2.45) is 0 Å². The zero-order valence-corrected chi connectivity index (χ0v) is 8.92. The third-order valence-corrected chi connectivity index (χ3v) is 2.22. The standard InChI is InChI=1S/C13H9N3O/c14-8-10-6-7-15-9-12(10)13(17)16-11-4-2-1-3-5-11/h1-7,9H,(H,16,17). The van der Waals surface area contributed by atoms with Gasteiger partial charge in [-0.05, 0) is 18.2 Å². The third kappa shape index (κ3) is 2.47. The van der Waals surface area contributed by atoms with Crippen LogP contribution in [0.4, 0.5) is 5.69 Å². The Morgan fingerprint density at radius 1 is 1.24 bits per heavy atom. The normalized spacial score (nSPS) is 9.35. The lowest BCUT2D eigenvalue weighted by atomic mass is 10.1. The molecule has 0 aliphatic carbocycles. The number of benzene rings is 1. The van der Waals surface area contributed by atoms with Gasteiger partial charge in [-0.3, -0.25) is 9.78 Å². The molecule has 1 N–H and O–H groups in total. The van der Waals surface area contributed by atoms with Crippen molar-refractivity contribution in [3.05, 3.63) is 59.9 Å². The van der Waals surface area contributed by atoms with Gasteiger partial charge in [-0.25, -0.2) is 0 Å². The van der Waals surface area contributed by atoms with Crippen molar-refractivity contribution >= 4 is 11.6 Å². The number of amides is 1. The van der Waals surface area contributed by atoms with E-state index >= 15 is 0 Å². The lowest BCUT2D eigenvalue weighted by Crippen LogP contribution is -2.13. The fourth-order valence-electron chi connectivity index (χ4n) is 1.39. The molecule has 82 valence electrons. The molecule has 0 radical (unpaired) electrons. The Labute approximate surface area is 98.5 Å². The molecule has 17 heavy (non-hydrogen) atoms. The Morgan fingerprint density at radius 2 is 2.00 bits per heavy atom. The van der Waals surface area contributed by atoms with Crippen LogP contribution in [-0.4, -0.2) is 10.9 Å². The summed E-state index contributed by atoms with van der Waals surface area (Å²) < 4.78 is 0. The number of para-hydroxylation sites is 1. The average Bonchev–Trinajstić information content (AvgIpc) is 2.40. The maximum atomic E-state index is 11.9. The number of anilines is 1. The Hall–Kier alpha value is -2.67. The van der Waals surface area contributed by atoms with E-state index in [1.807, 2.05) is 24.3 Å². The fourth-order valence-corrected chi connectivity index (χ4v) is 1.39. The van der Waals surface area contributed by atoms with E-state index in [0.29, 0.717) is 11.3 Å². The summed E-state index contributed by atoms with van der Waals surface area (Å²) in [5, 5.41) is 11.6. The molecule has 1 amide bonds. The molecule has 0 fully saturated rings. The molecule has 0 aliphatic rings. The van der Waals surface area contributed by atoms with Crippen LogP contribution >= 0.6 is 0 Å². The fraction of sp³-hybridized carbons (Fsp3) is 0. The van der Waals surface area contributed by atoms with E-state index in [1.54, 1.807) is 12.1 Å². The van der Waals surface area contributed by atoms with E-state index in [9.17, 15) is 4.79 Å². The van der Waals surface area contributed by atoms with Crippen molar-refractivity contribution in [3.63, 3.8) is 0 Å². The minimum absolute atomic E-state index is 0.277. The first-order valence-corrected chi connectivity index (χ1v) is 5.02. The van der Waals surface area contributed by atoms with Gasteiger partial charge < -0.3 is 5.32 Å². The summed E-state index contributed by atoms with van der Waals surface area (Å²) >= 11 is 0. The Balaban J connectivity index is 2.24. The molecular weight excluding hydrogens is 214 g/mol. The molecular formula is C13H9N3O. The van der Waals surface area contributed by atoms with E-state index < -0.39 is 0 Å². The molecule has 2 aromatic rings. The summed E-state index contributed by atoms with van der Waals surface area (Å²) in [5.74, 6) is -0.333. The number of hydrogen-bond acceptors (Lipinski definition) is 3. The van der Waals surface area contributed by atoms with Gasteiger partial charge in [0, 0.05) is 18.1 Å². The number of nitriles is 1. The summed E-state index contributed by atoms with van der Waals surface area (Å²) in [6.45, 7) is 0. The molecule has 0 bridgehead atoms. The maximum absolute atomic E-state index is 11.9. The minimum Gasteiger partial charge on any atom is -0.322 e. The number of carbonyl (C=O) groups is 1. The molecule has 0 aliphatic heterocycles. The Kier molecular flexibility index (Phi) is 3.13. The highest BCUT2D eigenvalue weighted by atomic mass is 16.1. The number of rotatable bonds is 2. The molecule has 1 aromatic carbocycles. The van der Waals surface area contributed by atoms with Crippen LogP contribution in [0.1, 0.15) is 15.9 Å². The highest BCUT2D eigenvalue weighted by molar-refractivity contribution is 6.05. The zero-order valence-electron chi connectivity index (χ0n) is 8.92. The third-order valence-electron chi connectivity index (χ3n) is 2.22. The molecule has 0 atom stereocenters. The summed E-state index contributed by atoms with van der Waals surface area (Å²) in [6.07, 6.45) is 2.87. The average molecular weight is 223 g/mol. The summed E-state index contributed by atoms with van der Waals surface area (Å²) in [7, 11) is 0. The summed E-state index contributed by atoms with van der Waals surface area (Å²) in [4.78, 5) is 15.7. The SMILES string of the molecule is N#Cc1ccncc1C(=O)Nc1ccccc1. The second-order valence-electron chi connectivity index (χ2n) is 3.35. The predicted octanol–water partition coefficient (Wildman–Crippen LogP) is 2.21. The van der Waals surface area contributed by atoms with Gasteiger partial charge in [0.25, 0.3) is 5.91 Å². The van der Waals surface area contributed by atoms with Gasteiger partial charge in [0.2, 0.25) is 0 Å². The maximum Gasteiger partial charge on any atom is 0.258 e. The van der Waals surface area contributed by atoms with Crippen molar-refractivity contribution in [2.45, 2.75) is 0 Å². The number of carbonyl (C=O) groups excluding carboxylic acids is 1. The molecule has 0 unspecified atom stereocenters. The quantitative estimate of drug-likeness (QED) is 0.848. The van der Waals surface area contributed by atoms with Gasteiger partial charge in [0.1, 0.15) is 6.07 Å².